The first-order valence-electron chi connectivity index (χ1n) is 7.99. The zero-order valence-corrected chi connectivity index (χ0v) is 15.0. The zero-order chi connectivity index (χ0) is 16.7. The van der Waals surface area contributed by atoms with Gasteiger partial charge >= 0.3 is 0 Å². The highest BCUT2D eigenvalue weighted by molar-refractivity contribution is 9.10. The number of aromatic amines is 1. The predicted molar refractivity (Wildman–Crippen MR) is 98.9 cm³/mol. The van der Waals surface area contributed by atoms with Crippen molar-refractivity contribution < 1.29 is 4.39 Å². The minimum absolute atomic E-state index is 0.196. The van der Waals surface area contributed by atoms with Gasteiger partial charge in [0.1, 0.15) is 11.6 Å². The van der Waals surface area contributed by atoms with Gasteiger partial charge in [-0.15, -0.1) is 0 Å². The Balaban J connectivity index is 1.71. The second-order valence-corrected chi connectivity index (χ2v) is 7.12. The van der Waals surface area contributed by atoms with Gasteiger partial charge in [-0.25, -0.2) is 9.37 Å². The van der Waals surface area contributed by atoms with Crippen LogP contribution in [0.5, 0.6) is 0 Å². The van der Waals surface area contributed by atoms with Crippen LogP contribution in [0.1, 0.15) is 0 Å². The lowest BCUT2D eigenvalue weighted by molar-refractivity contribution is 0.312. The Labute approximate surface area is 148 Å². The first-order valence-corrected chi connectivity index (χ1v) is 8.78. The summed E-state index contributed by atoms with van der Waals surface area (Å²) in [5, 5.41) is 0. The van der Waals surface area contributed by atoms with Gasteiger partial charge in [0.05, 0.1) is 16.7 Å². The van der Waals surface area contributed by atoms with Gasteiger partial charge in [-0.3, -0.25) is 0 Å². The molecule has 6 heteroatoms. The standard InChI is InChI=1S/C18H18BrFN4/c1-23-6-8-24(9-7-23)17-11-16-15(10-14(17)20)21-18(22-16)12-2-4-13(19)5-3-12/h2-5,10-11H,6-9H2,1H3,(H,21,22). The molecule has 4 rings (SSSR count). The summed E-state index contributed by atoms with van der Waals surface area (Å²) < 4.78 is 15.6. The second kappa shape index (κ2) is 6.18. The first kappa shape index (κ1) is 15.6. The van der Waals surface area contributed by atoms with Crippen molar-refractivity contribution in [1.29, 1.82) is 0 Å². The first-order chi connectivity index (χ1) is 11.6. The molecular formula is C18H18BrFN4. The largest absolute Gasteiger partial charge is 0.367 e. The van der Waals surface area contributed by atoms with Crippen molar-refractivity contribution in [3.8, 4) is 11.4 Å². The maximum absolute atomic E-state index is 14.6. The molecule has 1 saturated heterocycles. The third-order valence-corrected chi connectivity index (χ3v) is 5.04. The highest BCUT2D eigenvalue weighted by Crippen LogP contribution is 2.28. The quantitative estimate of drug-likeness (QED) is 0.723. The number of benzene rings is 2. The molecule has 0 bridgehead atoms. The predicted octanol–water partition coefficient (Wildman–Crippen LogP) is 3.88. The summed E-state index contributed by atoms with van der Waals surface area (Å²) in [4.78, 5) is 12.2. The van der Waals surface area contributed by atoms with Gasteiger partial charge in [0.2, 0.25) is 0 Å². The molecule has 1 aromatic heterocycles. The normalized spacial score (nSPS) is 16.0. The molecule has 4 nitrogen and oxygen atoms in total. The molecule has 1 aliphatic heterocycles. The van der Waals surface area contributed by atoms with Gasteiger partial charge in [-0.1, -0.05) is 28.1 Å². The van der Waals surface area contributed by atoms with Gasteiger partial charge in [-0.05, 0) is 25.2 Å². The lowest BCUT2D eigenvalue weighted by Crippen LogP contribution is -2.44. The molecule has 2 aromatic carbocycles. The fraction of sp³-hybridized carbons (Fsp3) is 0.278. The van der Waals surface area contributed by atoms with Crippen LogP contribution < -0.4 is 4.90 Å². The third-order valence-electron chi connectivity index (χ3n) is 4.51. The summed E-state index contributed by atoms with van der Waals surface area (Å²) in [5.41, 5.74) is 3.15. The third kappa shape index (κ3) is 2.91. The fourth-order valence-electron chi connectivity index (χ4n) is 3.05. The average molecular weight is 389 g/mol. The number of H-pyrrole nitrogens is 1. The summed E-state index contributed by atoms with van der Waals surface area (Å²) in [6.07, 6.45) is 0. The number of anilines is 1. The van der Waals surface area contributed by atoms with Crippen LogP contribution in [0.3, 0.4) is 0 Å². The Morgan fingerprint density at radius 3 is 2.50 bits per heavy atom. The van der Waals surface area contributed by atoms with E-state index in [0.717, 1.165) is 53.1 Å². The molecule has 1 N–H and O–H groups in total. The van der Waals surface area contributed by atoms with E-state index in [9.17, 15) is 4.39 Å². The van der Waals surface area contributed by atoms with E-state index >= 15 is 0 Å². The number of aromatic nitrogens is 2. The lowest BCUT2D eigenvalue weighted by atomic mass is 10.2. The monoisotopic (exact) mass is 388 g/mol. The van der Waals surface area contributed by atoms with Crippen molar-refractivity contribution in [2.75, 3.05) is 38.1 Å². The molecule has 0 spiro atoms. The number of piperazine rings is 1. The maximum atomic E-state index is 14.6. The van der Waals surface area contributed by atoms with Crippen molar-refractivity contribution in [2.45, 2.75) is 0 Å². The van der Waals surface area contributed by atoms with E-state index in [-0.39, 0.29) is 5.82 Å². The molecule has 3 aromatic rings. The van der Waals surface area contributed by atoms with Crippen LogP contribution in [0.4, 0.5) is 10.1 Å². The van der Waals surface area contributed by atoms with E-state index in [2.05, 4.69) is 42.7 Å². The Hall–Kier alpha value is -1.92. The minimum Gasteiger partial charge on any atom is -0.367 e. The van der Waals surface area contributed by atoms with Crippen molar-refractivity contribution in [3.05, 3.63) is 46.7 Å². The van der Waals surface area contributed by atoms with Gasteiger partial charge in [-0.2, -0.15) is 0 Å². The summed E-state index contributed by atoms with van der Waals surface area (Å²) in [6.45, 7) is 3.57. The second-order valence-electron chi connectivity index (χ2n) is 6.20. The number of likely N-dealkylation sites (N-methyl/N-ethyl adjacent to an activating group) is 1. The van der Waals surface area contributed by atoms with Crippen LogP contribution in [0, 0.1) is 5.82 Å². The Kier molecular flexibility index (Phi) is 4.02. The highest BCUT2D eigenvalue weighted by Gasteiger charge is 2.19. The number of imidazole rings is 1. The van der Waals surface area contributed by atoms with Gasteiger partial charge in [0.25, 0.3) is 0 Å². The topological polar surface area (TPSA) is 35.2 Å². The number of nitrogens with zero attached hydrogens (tertiary/aromatic N) is 3. The molecule has 0 aliphatic carbocycles. The molecule has 1 aliphatic rings. The molecule has 0 unspecified atom stereocenters. The smallest absolute Gasteiger partial charge is 0.148 e. The minimum atomic E-state index is -0.196. The van der Waals surface area contributed by atoms with Crippen LogP contribution in [0.2, 0.25) is 0 Å². The lowest BCUT2D eigenvalue weighted by Gasteiger charge is -2.34. The molecule has 2 heterocycles. The van der Waals surface area contributed by atoms with Crippen LogP contribution in [-0.4, -0.2) is 48.1 Å². The van der Waals surface area contributed by atoms with E-state index in [1.807, 2.05) is 30.3 Å². The molecule has 0 amide bonds. The summed E-state index contributed by atoms with van der Waals surface area (Å²) in [5.74, 6) is 0.561. The van der Waals surface area contributed by atoms with Crippen LogP contribution >= 0.6 is 15.9 Å². The van der Waals surface area contributed by atoms with Gasteiger partial charge in [0.15, 0.2) is 0 Å². The van der Waals surface area contributed by atoms with Crippen LogP contribution in [0.15, 0.2) is 40.9 Å². The van der Waals surface area contributed by atoms with E-state index in [1.54, 1.807) is 6.07 Å². The SMILES string of the molecule is CN1CCN(c2cc3nc(-c4ccc(Br)cc4)[nH]c3cc2F)CC1. The van der Waals surface area contributed by atoms with Gasteiger partial charge in [0, 0.05) is 42.3 Å². The maximum Gasteiger partial charge on any atom is 0.148 e. The van der Waals surface area contributed by atoms with E-state index < -0.39 is 0 Å². The average Bonchev–Trinajstić information content (AvgIpc) is 2.98. The van der Waals surface area contributed by atoms with E-state index in [4.69, 9.17) is 0 Å². The number of fused-ring (bicyclic) bond motifs is 1. The van der Waals surface area contributed by atoms with Crippen molar-refractivity contribution in [3.63, 3.8) is 0 Å². The van der Waals surface area contributed by atoms with Crippen molar-refractivity contribution >= 4 is 32.7 Å². The van der Waals surface area contributed by atoms with Crippen LogP contribution in [0.25, 0.3) is 22.4 Å². The molecule has 0 atom stereocenters. The van der Waals surface area contributed by atoms with Gasteiger partial charge < -0.3 is 14.8 Å². The number of hydrogen-bond donors (Lipinski definition) is 1. The molecular weight excluding hydrogens is 371 g/mol. The molecule has 24 heavy (non-hydrogen) atoms. The molecule has 0 radical (unpaired) electrons. The van der Waals surface area contributed by atoms with E-state index in [0.29, 0.717) is 5.69 Å². The molecule has 1 fully saturated rings. The molecule has 0 saturated carbocycles. The van der Waals surface area contributed by atoms with Crippen LogP contribution in [-0.2, 0) is 0 Å². The Morgan fingerprint density at radius 1 is 1.08 bits per heavy atom. The Bertz CT molecular complexity index is 867. The molecule has 124 valence electrons. The number of halogens is 2. The highest BCUT2D eigenvalue weighted by atomic mass is 79.9. The Morgan fingerprint density at radius 2 is 1.79 bits per heavy atom. The van der Waals surface area contributed by atoms with Crippen molar-refractivity contribution in [1.82, 2.24) is 14.9 Å². The number of hydrogen-bond acceptors (Lipinski definition) is 3. The summed E-state index contributed by atoms with van der Waals surface area (Å²) >= 11 is 3.43. The van der Waals surface area contributed by atoms with Crippen molar-refractivity contribution in [2.24, 2.45) is 0 Å². The summed E-state index contributed by atoms with van der Waals surface area (Å²) in [7, 11) is 2.09. The number of nitrogens with one attached hydrogen (secondary N) is 1. The van der Waals surface area contributed by atoms with E-state index in [1.165, 1.54) is 0 Å². The fourth-order valence-corrected chi connectivity index (χ4v) is 3.32. The number of rotatable bonds is 2. The summed E-state index contributed by atoms with van der Waals surface area (Å²) in [6, 6.07) is 11.3. The zero-order valence-electron chi connectivity index (χ0n) is 13.4.